The van der Waals surface area contributed by atoms with Crippen molar-refractivity contribution >= 4 is 12.6 Å². The normalized spacial score (nSPS) is 18.4. The highest BCUT2D eigenvalue weighted by molar-refractivity contribution is 6.61. The Bertz CT molecular complexity index is 780. The van der Waals surface area contributed by atoms with Gasteiger partial charge in [0.2, 0.25) is 0 Å². The molecule has 170 valence electrons. The highest BCUT2D eigenvalue weighted by Crippen LogP contribution is 2.36. The first-order valence-electron chi connectivity index (χ1n) is 11.0. The van der Waals surface area contributed by atoms with E-state index in [4.69, 9.17) is 23.5 Å². The minimum absolute atomic E-state index is 0.0395. The van der Waals surface area contributed by atoms with Crippen LogP contribution in [0, 0.1) is 0 Å². The summed E-state index contributed by atoms with van der Waals surface area (Å²) in [7, 11) is -0.390. The summed E-state index contributed by atoms with van der Waals surface area (Å²) in [6.07, 6.45) is 3.79. The van der Waals surface area contributed by atoms with E-state index in [1.807, 2.05) is 63.7 Å². The van der Waals surface area contributed by atoms with Crippen LogP contribution in [0.2, 0.25) is 0 Å². The fourth-order valence-electron chi connectivity index (χ4n) is 3.09. The summed E-state index contributed by atoms with van der Waals surface area (Å²) in [5, 5.41) is 4.39. The van der Waals surface area contributed by atoms with Crippen LogP contribution in [0.15, 0.2) is 42.7 Å². The summed E-state index contributed by atoms with van der Waals surface area (Å²) >= 11 is 0. The van der Waals surface area contributed by atoms with E-state index in [2.05, 4.69) is 17.2 Å². The highest BCUT2D eigenvalue weighted by Gasteiger charge is 2.52. The predicted octanol–water partition coefficient (Wildman–Crippen LogP) is 2.82. The van der Waals surface area contributed by atoms with Crippen molar-refractivity contribution in [1.82, 2.24) is 9.78 Å². The largest absolute Gasteiger partial charge is 0.498 e. The third-order valence-corrected chi connectivity index (χ3v) is 5.75. The van der Waals surface area contributed by atoms with E-state index in [9.17, 15) is 0 Å². The van der Waals surface area contributed by atoms with Crippen molar-refractivity contribution in [2.75, 3.05) is 26.4 Å². The molecule has 0 saturated carbocycles. The van der Waals surface area contributed by atoms with Crippen LogP contribution < -0.4 is 5.46 Å². The molecule has 0 spiro atoms. The molecular weight excluding hydrogens is 395 g/mol. The molecule has 1 saturated heterocycles. The third-order valence-electron chi connectivity index (χ3n) is 5.75. The van der Waals surface area contributed by atoms with Crippen LogP contribution in [-0.4, -0.2) is 60.6 Å². The molecular formula is C23H35BN2O5. The summed E-state index contributed by atoms with van der Waals surface area (Å²) < 4.78 is 31.1. The average Bonchev–Trinajstić information content (AvgIpc) is 3.28. The van der Waals surface area contributed by atoms with Crippen LogP contribution >= 0.6 is 0 Å². The summed E-state index contributed by atoms with van der Waals surface area (Å²) in [5.41, 5.74) is 1.38. The minimum Gasteiger partial charge on any atom is -0.399 e. The van der Waals surface area contributed by atoms with Gasteiger partial charge in [0.25, 0.3) is 0 Å². The molecule has 31 heavy (non-hydrogen) atoms. The van der Waals surface area contributed by atoms with E-state index >= 15 is 0 Å². The fourth-order valence-corrected chi connectivity index (χ4v) is 3.09. The maximum atomic E-state index is 6.06. The predicted molar refractivity (Wildman–Crippen MR) is 120 cm³/mol. The zero-order chi connectivity index (χ0) is 22.3. The number of hydrogen-bond donors (Lipinski definition) is 0. The Balaban J connectivity index is 1.25. The third kappa shape index (κ3) is 6.89. The Hall–Kier alpha value is -1.71. The number of benzene rings is 1. The molecule has 1 unspecified atom stereocenters. The van der Waals surface area contributed by atoms with Crippen LogP contribution in [0.4, 0.5) is 0 Å². The maximum Gasteiger partial charge on any atom is 0.498 e. The monoisotopic (exact) mass is 430 g/mol. The lowest BCUT2D eigenvalue weighted by Gasteiger charge is -2.32. The van der Waals surface area contributed by atoms with Crippen molar-refractivity contribution in [2.24, 2.45) is 0 Å². The summed E-state index contributed by atoms with van der Waals surface area (Å²) in [6, 6.07) is 10.1. The molecule has 7 nitrogen and oxygen atoms in total. The molecule has 0 aliphatic carbocycles. The van der Waals surface area contributed by atoms with Gasteiger partial charge in [0, 0.05) is 17.9 Å². The first-order chi connectivity index (χ1) is 14.8. The number of hydrogen-bond acceptors (Lipinski definition) is 6. The van der Waals surface area contributed by atoms with Gasteiger partial charge in [-0.2, -0.15) is 5.10 Å². The van der Waals surface area contributed by atoms with Gasteiger partial charge in [-0.05, 0) is 40.2 Å². The lowest BCUT2D eigenvalue weighted by Crippen LogP contribution is -2.41. The smallest absolute Gasteiger partial charge is 0.399 e. The van der Waals surface area contributed by atoms with Gasteiger partial charge in [-0.3, -0.25) is 4.68 Å². The molecule has 2 aromatic rings. The summed E-state index contributed by atoms with van der Waals surface area (Å²) in [4.78, 5) is 0. The molecule has 3 rings (SSSR count). The molecule has 8 heteroatoms. The van der Waals surface area contributed by atoms with Crippen molar-refractivity contribution < 1.29 is 23.5 Å². The van der Waals surface area contributed by atoms with Crippen molar-refractivity contribution in [2.45, 2.75) is 65.1 Å². The van der Waals surface area contributed by atoms with E-state index in [0.29, 0.717) is 39.6 Å². The molecule has 2 heterocycles. The van der Waals surface area contributed by atoms with Gasteiger partial charge in [-0.15, -0.1) is 0 Å². The second-order valence-electron chi connectivity index (χ2n) is 8.92. The van der Waals surface area contributed by atoms with Gasteiger partial charge in [0.05, 0.1) is 56.9 Å². The van der Waals surface area contributed by atoms with Crippen LogP contribution in [0.5, 0.6) is 0 Å². The molecule has 0 bridgehead atoms. The Kier molecular flexibility index (Phi) is 8.30. The van der Waals surface area contributed by atoms with Gasteiger partial charge in [0.15, 0.2) is 0 Å². The molecule has 0 N–H and O–H groups in total. The standard InChI is InChI=1S/C23H35BN2O5/c1-19(29-18-20-9-7-6-8-10-20)17-28-14-13-27-12-11-26-16-21(15-25-26)24-30-22(2,3)23(4,5)31-24/h6-10,15-16,19H,11-14,17-18H2,1-5H3. The second kappa shape index (κ2) is 10.7. The Morgan fingerprint density at radius 3 is 2.39 bits per heavy atom. The van der Waals surface area contributed by atoms with Crippen LogP contribution in [-0.2, 0) is 36.7 Å². The van der Waals surface area contributed by atoms with Crippen LogP contribution in [0.3, 0.4) is 0 Å². The number of nitrogens with zero attached hydrogens (tertiary/aromatic N) is 2. The Morgan fingerprint density at radius 2 is 1.68 bits per heavy atom. The summed E-state index contributed by atoms with van der Waals surface area (Å²) in [6.45, 7) is 13.6. The van der Waals surface area contributed by atoms with E-state index in [1.54, 1.807) is 6.20 Å². The molecule has 1 aromatic heterocycles. The lowest BCUT2D eigenvalue weighted by molar-refractivity contribution is -0.0301. The molecule has 1 atom stereocenters. The molecule has 0 radical (unpaired) electrons. The molecule has 1 aromatic carbocycles. The van der Waals surface area contributed by atoms with Crippen molar-refractivity contribution in [3.05, 3.63) is 48.3 Å². The van der Waals surface area contributed by atoms with Gasteiger partial charge in [-0.25, -0.2) is 0 Å². The van der Waals surface area contributed by atoms with Crippen molar-refractivity contribution in [1.29, 1.82) is 0 Å². The summed E-state index contributed by atoms with van der Waals surface area (Å²) in [5.74, 6) is 0. The van der Waals surface area contributed by atoms with E-state index < -0.39 is 0 Å². The van der Waals surface area contributed by atoms with E-state index in [-0.39, 0.29) is 24.4 Å². The SMILES string of the molecule is CC(COCCOCCn1cc(B2OC(C)(C)C(C)(C)O2)cn1)OCc1ccccc1. The first kappa shape index (κ1) is 23.9. The van der Waals surface area contributed by atoms with E-state index in [0.717, 1.165) is 11.0 Å². The van der Waals surface area contributed by atoms with E-state index in [1.165, 1.54) is 0 Å². The maximum absolute atomic E-state index is 6.06. The number of ether oxygens (including phenoxy) is 3. The Labute approximate surface area is 186 Å². The van der Waals surface area contributed by atoms with Crippen LogP contribution in [0.25, 0.3) is 0 Å². The van der Waals surface area contributed by atoms with Crippen LogP contribution in [0.1, 0.15) is 40.2 Å². The molecule has 1 aliphatic heterocycles. The minimum atomic E-state index is -0.390. The highest BCUT2D eigenvalue weighted by atomic mass is 16.7. The van der Waals surface area contributed by atoms with Crippen molar-refractivity contribution in [3.63, 3.8) is 0 Å². The quantitative estimate of drug-likeness (QED) is 0.381. The zero-order valence-corrected chi connectivity index (χ0v) is 19.4. The molecule has 1 fully saturated rings. The van der Waals surface area contributed by atoms with Gasteiger partial charge in [0.1, 0.15) is 0 Å². The lowest BCUT2D eigenvalue weighted by atomic mass is 9.82. The molecule has 0 amide bonds. The number of rotatable bonds is 12. The number of aromatic nitrogens is 2. The van der Waals surface area contributed by atoms with Gasteiger partial charge >= 0.3 is 7.12 Å². The Morgan fingerprint density at radius 1 is 1.00 bits per heavy atom. The average molecular weight is 430 g/mol. The first-order valence-corrected chi connectivity index (χ1v) is 11.0. The van der Waals surface area contributed by atoms with Gasteiger partial charge in [-0.1, -0.05) is 30.3 Å². The van der Waals surface area contributed by atoms with Crippen molar-refractivity contribution in [3.8, 4) is 0 Å². The van der Waals surface area contributed by atoms with Gasteiger partial charge < -0.3 is 23.5 Å². The fraction of sp³-hybridized carbons (Fsp3) is 0.609. The molecule has 1 aliphatic rings. The second-order valence-corrected chi connectivity index (χ2v) is 8.92. The zero-order valence-electron chi connectivity index (χ0n) is 19.4. The topological polar surface area (TPSA) is 64.0 Å².